The van der Waals surface area contributed by atoms with Crippen molar-refractivity contribution in [2.24, 2.45) is 0 Å². The topological polar surface area (TPSA) is 207 Å². The molecule has 0 saturated heterocycles. The number of nitrogens with two attached hydrogens (primary N) is 3. The quantitative estimate of drug-likeness (QED) is 0.241. The monoisotopic (exact) mass is 465 g/mol. The molecule has 0 aromatic heterocycles. The van der Waals surface area contributed by atoms with Gasteiger partial charge in [0.1, 0.15) is 31.9 Å². The Morgan fingerprint density at radius 3 is 1.87 bits per heavy atom. The van der Waals surface area contributed by atoms with Gasteiger partial charge in [0.05, 0.1) is 0 Å². The molecule has 0 saturated carbocycles. The van der Waals surface area contributed by atoms with Gasteiger partial charge in [-0.15, -0.1) is 0 Å². The van der Waals surface area contributed by atoms with E-state index in [2.05, 4.69) is 0 Å². The average Bonchev–Trinajstić information content (AvgIpc) is 2.65. The molecule has 0 aliphatic carbocycles. The fourth-order valence-corrected chi connectivity index (χ4v) is 5.31. The Balaban J connectivity index is 2.26. The average molecular weight is 466 g/mol. The van der Waals surface area contributed by atoms with Crippen molar-refractivity contribution in [3.8, 4) is 28.4 Å². The minimum absolute atomic E-state index is 0.00602. The lowest BCUT2D eigenvalue weighted by Gasteiger charge is -2.15. The molecule has 0 aliphatic rings. The van der Waals surface area contributed by atoms with E-state index in [9.17, 15) is 32.2 Å². The van der Waals surface area contributed by atoms with Crippen LogP contribution in [0.4, 0.5) is 17.1 Å². The molecule has 0 atom stereocenters. The van der Waals surface area contributed by atoms with E-state index in [1.54, 1.807) is 0 Å². The molecule has 0 radical (unpaired) electrons. The zero-order valence-corrected chi connectivity index (χ0v) is 17.7. The molecule has 0 heterocycles. The van der Waals surface area contributed by atoms with E-state index in [1.165, 1.54) is 12.1 Å². The van der Waals surface area contributed by atoms with Crippen molar-refractivity contribution in [2.75, 3.05) is 23.5 Å². The highest BCUT2D eigenvalue weighted by molar-refractivity contribution is 7.91. The van der Waals surface area contributed by atoms with E-state index in [4.69, 9.17) is 17.2 Å². The summed E-state index contributed by atoms with van der Waals surface area (Å²) in [6.07, 6.45) is 0.875. The van der Waals surface area contributed by atoms with Crippen LogP contribution in [0.2, 0.25) is 0 Å². The molecule has 10 nitrogen and oxygen atoms in total. The highest BCUT2D eigenvalue weighted by Crippen LogP contribution is 2.43. The molecule has 31 heavy (non-hydrogen) atoms. The number of benzene rings is 3. The van der Waals surface area contributed by atoms with Gasteiger partial charge in [-0.25, -0.2) is 16.8 Å². The Morgan fingerprint density at radius 1 is 0.677 bits per heavy atom. The lowest BCUT2D eigenvalue weighted by atomic mass is 10.0. The first-order valence-electron chi connectivity index (χ1n) is 8.52. The number of rotatable bonds is 4. The summed E-state index contributed by atoms with van der Waals surface area (Å²) in [7, 11) is -8.29. The Kier molecular flexibility index (Phi) is 5.16. The van der Waals surface area contributed by atoms with Gasteiger partial charge in [-0.1, -0.05) is 0 Å². The molecule has 3 aromatic rings. The highest BCUT2D eigenvalue weighted by Gasteiger charge is 2.28. The summed E-state index contributed by atoms with van der Waals surface area (Å²) in [6.45, 7) is 0. The third-order valence-electron chi connectivity index (χ3n) is 4.48. The van der Waals surface area contributed by atoms with Crippen LogP contribution < -0.4 is 17.2 Å². The number of nitrogen functional groups attached to an aromatic ring is 3. The van der Waals surface area contributed by atoms with Gasteiger partial charge in [0, 0.05) is 34.4 Å². The second-order valence-electron chi connectivity index (χ2n) is 6.83. The maximum absolute atomic E-state index is 13.0. The molecule has 0 aliphatic heterocycles. The van der Waals surface area contributed by atoms with Gasteiger partial charge in [-0.05, 0) is 42.5 Å². The van der Waals surface area contributed by atoms with Crippen molar-refractivity contribution >= 4 is 36.7 Å². The lowest BCUT2D eigenvalue weighted by Crippen LogP contribution is -2.06. The summed E-state index contributed by atoms with van der Waals surface area (Å²) in [5, 5.41) is 30.8. The molecule has 0 spiro atoms. The normalized spacial score (nSPS) is 12.0. The van der Waals surface area contributed by atoms with E-state index in [-0.39, 0.29) is 28.2 Å². The zero-order valence-electron chi connectivity index (χ0n) is 16.1. The lowest BCUT2D eigenvalue weighted by molar-refractivity contribution is 0.453. The number of phenols is 3. The smallest absolute Gasteiger partial charge is 0.214 e. The molecule has 9 N–H and O–H groups in total. The molecule has 164 valence electrons. The molecular formula is C19H19N3O7S2. The number of aromatic hydroxyl groups is 3. The molecule has 0 bridgehead atoms. The second kappa shape index (κ2) is 7.25. The van der Waals surface area contributed by atoms with Gasteiger partial charge >= 0.3 is 0 Å². The molecule has 0 fully saturated rings. The Hall–Kier alpha value is -3.64. The Labute approximate surface area is 178 Å². The van der Waals surface area contributed by atoms with Crippen LogP contribution in [0.5, 0.6) is 17.2 Å². The van der Waals surface area contributed by atoms with Crippen molar-refractivity contribution in [3.05, 3.63) is 42.5 Å². The van der Waals surface area contributed by atoms with E-state index < -0.39 is 51.6 Å². The summed E-state index contributed by atoms with van der Waals surface area (Å²) in [6, 6.07) is 7.58. The molecule has 3 aromatic carbocycles. The fourth-order valence-electron chi connectivity index (χ4n) is 3.01. The van der Waals surface area contributed by atoms with Crippen molar-refractivity contribution in [1.29, 1.82) is 0 Å². The van der Waals surface area contributed by atoms with Crippen LogP contribution in [0.3, 0.4) is 0 Å². The second-order valence-corrected chi connectivity index (χ2v) is 10.7. The number of anilines is 3. The van der Waals surface area contributed by atoms with Crippen LogP contribution in [0, 0.1) is 0 Å². The van der Waals surface area contributed by atoms with Crippen molar-refractivity contribution in [1.82, 2.24) is 0 Å². The Bertz CT molecular complexity index is 1430. The third-order valence-corrected chi connectivity index (χ3v) is 7.40. The molecule has 3 rings (SSSR count). The van der Waals surface area contributed by atoms with Crippen LogP contribution >= 0.6 is 0 Å². The van der Waals surface area contributed by atoms with Crippen LogP contribution in [0.15, 0.2) is 57.2 Å². The predicted molar refractivity (Wildman–Crippen MR) is 115 cm³/mol. The van der Waals surface area contributed by atoms with Crippen LogP contribution in [0.25, 0.3) is 11.1 Å². The first-order valence-corrected chi connectivity index (χ1v) is 11.9. The fraction of sp³-hybridized carbons (Fsp3) is 0.0526. The highest BCUT2D eigenvalue weighted by atomic mass is 32.2. The van der Waals surface area contributed by atoms with E-state index in [0.717, 1.165) is 36.6 Å². The number of phenolic OH excluding ortho intramolecular Hbond substituents is 3. The van der Waals surface area contributed by atoms with Gasteiger partial charge < -0.3 is 32.5 Å². The summed E-state index contributed by atoms with van der Waals surface area (Å²) in [5.74, 6) is -2.00. The maximum Gasteiger partial charge on any atom is 0.214 e. The number of hydrogen-bond acceptors (Lipinski definition) is 10. The van der Waals surface area contributed by atoms with Crippen molar-refractivity contribution in [2.45, 2.75) is 14.7 Å². The van der Waals surface area contributed by atoms with Gasteiger partial charge in [0.2, 0.25) is 9.84 Å². The van der Waals surface area contributed by atoms with Gasteiger partial charge in [0.25, 0.3) is 0 Å². The largest absolute Gasteiger partial charge is 0.507 e. The van der Waals surface area contributed by atoms with Crippen LogP contribution in [0.1, 0.15) is 0 Å². The van der Waals surface area contributed by atoms with Gasteiger partial charge in [-0.3, -0.25) is 0 Å². The summed E-state index contributed by atoms with van der Waals surface area (Å²) < 4.78 is 49.8. The standard InChI is InChI=1S/C19H19N3O7S2/c1-30(26,27)18-6-10(21)4-12(19(18)25)11-7-15(24)17(8-13(11)22)31(28,29)16-5-9(20)2-3-14(16)23/h2-8,23-25H,20-22H2,1H3. The minimum atomic E-state index is -4.44. The first-order chi connectivity index (χ1) is 14.2. The van der Waals surface area contributed by atoms with Gasteiger partial charge in [0.15, 0.2) is 9.84 Å². The molecule has 0 amide bonds. The summed E-state index contributed by atoms with van der Waals surface area (Å²) >= 11 is 0. The maximum atomic E-state index is 13.0. The predicted octanol–water partition coefficient (Wildman–Crippen LogP) is 1.45. The third kappa shape index (κ3) is 3.90. The first kappa shape index (κ1) is 22.1. The summed E-state index contributed by atoms with van der Waals surface area (Å²) in [5.41, 5.74) is 17.0. The molecule has 12 heteroatoms. The zero-order chi connectivity index (χ0) is 23.3. The summed E-state index contributed by atoms with van der Waals surface area (Å²) in [4.78, 5) is -1.62. The van der Waals surface area contributed by atoms with Gasteiger partial charge in [-0.2, -0.15) is 0 Å². The van der Waals surface area contributed by atoms with E-state index in [1.807, 2.05) is 0 Å². The number of sulfone groups is 2. The van der Waals surface area contributed by atoms with Crippen LogP contribution in [-0.4, -0.2) is 38.4 Å². The Morgan fingerprint density at radius 2 is 1.26 bits per heavy atom. The van der Waals surface area contributed by atoms with E-state index in [0.29, 0.717) is 0 Å². The van der Waals surface area contributed by atoms with Crippen molar-refractivity contribution < 1.29 is 32.2 Å². The van der Waals surface area contributed by atoms with Crippen LogP contribution in [-0.2, 0) is 19.7 Å². The van der Waals surface area contributed by atoms with E-state index >= 15 is 0 Å². The number of hydrogen-bond donors (Lipinski definition) is 6. The molecular weight excluding hydrogens is 446 g/mol. The molecule has 0 unspecified atom stereocenters. The minimum Gasteiger partial charge on any atom is -0.507 e. The van der Waals surface area contributed by atoms with Crippen molar-refractivity contribution in [3.63, 3.8) is 0 Å². The SMILES string of the molecule is CS(=O)(=O)c1cc(N)cc(-c2cc(O)c(S(=O)(=O)c3cc(N)ccc3O)cc2N)c1O.